The Labute approximate surface area is 175 Å². The van der Waals surface area contributed by atoms with Crippen molar-refractivity contribution in [3.05, 3.63) is 24.2 Å². The summed E-state index contributed by atoms with van der Waals surface area (Å²) in [5, 5.41) is 7.07. The minimum absolute atomic E-state index is 0.323. The third kappa shape index (κ3) is 7.64. The van der Waals surface area contributed by atoms with Crippen molar-refractivity contribution in [3.63, 3.8) is 0 Å². The van der Waals surface area contributed by atoms with Crippen LogP contribution >= 0.6 is 0 Å². The fourth-order valence-corrected chi connectivity index (χ4v) is 4.50. The van der Waals surface area contributed by atoms with Crippen molar-refractivity contribution >= 4 is 5.96 Å². The summed E-state index contributed by atoms with van der Waals surface area (Å²) < 4.78 is 10.9. The third-order valence-electron chi connectivity index (χ3n) is 5.96. The van der Waals surface area contributed by atoms with Crippen LogP contribution in [0.5, 0.6) is 0 Å². The molecule has 2 heterocycles. The van der Waals surface area contributed by atoms with Crippen molar-refractivity contribution in [1.29, 1.82) is 0 Å². The lowest BCUT2D eigenvalue weighted by molar-refractivity contribution is 0.0389. The predicted molar refractivity (Wildman–Crippen MR) is 117 cm³/mol. The number of ether oxygens (including phenoxy) is 1. The summed E-state index contributed by atoms with van der Waals surface area (Å²) in [6.07, 6.45) is 7.81. The summed E-state index contributed by atoms with van der Waals surface area (Å²) in [6.45, 7) is 8.46. The maximum Gasteiger partial charge on any atom is 0.191 e. The minimum atomic E-state index is 0.323. The maximum absolute atomic E-state index is 5.45. The van der Waals surface area contributed by atoms with Gasteiger partial charge >= 0.3 is 0 Å². The summed E-state index contributed by atoms with van der Waals surface area (Å²) in [5.41, 5.74) is 0.323. The van der Waals surface area contributed by atoms with Gasteiger partial charge in [-0.3, -0.25) is 9.89 Å². The third-order valence-corrected chi connectivity index (χ3v) is 5.96. The van der Waals surface area contributed by atoms with Crippen molar-refractivity contribution in [2.24, 2.45) is 10.4 Å². The van der Waals surface area contributed by atoms with Crippen LogP contribution < -0.4 is 10.6 Å². The average Bonchev–Trinajstić information content (AvgIpc) is 3.39. The lowest BCUT2D eigenvalue weighted by Gasteiger charge is -2.31. The first kappa shape index (κ1) is 22.1. The van der Waals surface area contributed by atoms with E-state index in [2.05, 4.69) is 34.5 Å². The number of nitrogens with zero attached hydrogens (tertiary/aromatic N) is 3. The number of hydrogen-bond donors (Lipinski definition) is 2. The van der Waals surface area contributed by atoms with Crippen LogP contribution in [0.3, 0.4) is 0 Å². The molecule has 2 N–H and O–H groups in total. The van der Waals surface area contributed by atoms with Crippen LogP contribution in [0, 0.1) is 5.41 Å². The van der Waals surface area contributed by atoms with Crippen molar-refractivity contribution in [2.75, 3.05) is 73.1 Å². The zero-order valence-electron chi connectivity index (χ0n) is 18.3. The Morgan fingerprint density at radius 2 is 1.93 bits per heavy atom. The van der Waals surface area contributed by atoms with Crippen LogP contribution in [0.15, 0.2) is 27.8 Å². The second-order valence-corrected chi connectivity index (χ2v) is 8.75. The van der Waals surface area contributed by atoms with Crippen LogP contribution in [0.2, 0.25) is 0 Å². The molecular weight excluding hydrogens is 366 g/mol. The molecule has 0 bridgehead atoms. The highest BCUT2D eigenvalue weighted by Crippen LogP contribution is 2.38. The zero-order chi connectivity index (χ0) is 20.4. The molecule has 164 valence electrons. The van der Waals surface area contributed by atoms with Crippen molar-refractivity contribution in [2.45, 2.75) is 32.1 Å². The second kappa shape index (κ2) is 11.6. The lowest BCUT2D eigenvalue weighted by atomic mass is 9.86. The van der Waals surface area contributed by atoms with Crippen LogP contribution in [0.25, 0.3) is 0 Å². The van der Waals surface area contributed by atoms with E-state index in [0.717, 1.165) is 77.2 Å². The fraction of sp³-hybridized carbons (Fsp3) is 0.773. The van der Waals surface area contributed by atoms with Gasteiger partial charge in [0.2, 0.25) is 0 Å². The van der Waals surface area contributed by atoms with Gasteiger partial charge < -0.3 is 24.7 Å². The van der Waals surface area contributed by atoms with E-state index >= 15 is 0 Å². The molecule has 1 saturated heterocycles. The molecule has 7 heteroatoms. The van der Waals surface area contributed by atoms with Gasteiger partial charge in [-0.1, -0.05) is 12.8 Å². The normalized spacial score (nSPS) is 20.3. The number of guanidine groups is 1. The van der Waals surface area contributed by atoms with E-state index in [1.807, 2.05) is 12.1 Å². The van der Waals surface area contributed by atoms with Crippen molar-refractivity contribution in [3.8, 4) is 0 Å². The highest BCUT2D eigenvalue weighted by Gasteiger charge is 2.34. The van der Waals surface area contributed by atoms with Gasteiger partial charge in [0.25, 0.3) is 0 Å². The first-order valence-electron chi connectivity index (χ1n) is 11.1. The Hall–Kier alpha value is -1.57. The van der Waals surface area contributed by atoms with Crippen LogP contribution in [0.4, 0.5) is 0 Å². The van der Waals surface area contributed by atoms with E-state index in [4.69, 9.17) is 14.1 Å². The van der Waals surface area contributed by atoms with E-state index in [1.54, 1.807) is 6.26 Å². The average molecular weight is 406 g/mol. The quantitative estimate of drug-likeness (QED) is 0.457. The highest BCUT2D eigenvalue weighted by molar-refractivity contribution is 5.79. The number of furan rings is 1. The Balaban J connectivity index is 1.53. The van der Waals surface area contributed by atoms with Gasteiger partial charge in [0.15, 0.2) is 5.96 Å². The van der Waals surface area contributed by atoms with Gasteiger partial charge in [0.1, 0.15) is 5.76 Å². The molecule has 1 aromatic rings. The Morgan fingerprint density at radius 3 is 2.62 bits per heavy atom. The summed E-state index contributed by atoms with van der Waals surface area (Å²) in [7, 11) is 4.35. The molecule has 1 aliphatic carbocycles. The largest absolute Gasteiger partial charge is 0.469 e. The Bertz CT molecular complexity index is 590. The standard InChI is InChI=1S/C22H39N5O2/c1-26(2)19-22(8-3-4-9-22)18-25-21(23-10-7-20-6-5-15-29-20)24-11-12-27-13-16-28-17-14-27/h5-6,15H,3-4,7-14,16-19H2,1-2H3,(H2,23,24,25). The van der Waals surface area contributed by atoms with Crippen LogP contribution in [0.1, 0.15) is 31.4 Å². The topological polar surface area (TPSA) is 65.3 Å². The number of aliphatic imine (C=N–C) groups is 1. The molecule has 0 amide bonds. The molecule has 29 heavy (non-hydrogen) atoms. The monoisotopic (exact) mass is 405 g/mol. The zero-order valence-corrected chi connectivity index (χ0v) is 18.3. The first-order chi connectivity index (χ1) is 14.2. The van der Waals surface area contributed by atoms with E-state index in [1.165, 1.54) is 25.7 Å². The van der Waals surface area contributed by atoms with Gasteiger partial charge in [0, 0.05) is 57.6 Å². The molecule has 1 aliphatic heterocycles. The van der Waals surface area contributed by atoms with E-state index < -0.39 is 0 Å². The van der Waals surface area contributed by atoms with Gasteiger partial charge in [-0.05, 0) is 39.1 Å². The molecule has 1 aromatic heterocycles. The van der Waals surface area contributed by atoms with E-state index in [9.17, 15) is 0 Å². The summed E-state index contributed by atoms with van der Waals surface area (Å²) in [4.78, 5) is 9.79. The molecule has 0 unspecified atom stereocenters. The predicted octanol–water partition coefficient (Wildman–Crippen LogP) is 1.81. The molecular formula is C22H39N5O2. The SMILES string of the molecule is CN(C)CC1(CN=C(NCCc2ccco2)NCCN2CCOCC2)CCCC1. The maximum atomic E-state index is 5.45. The fourth-order valence-electron chi connectivity index (χ4n) is 4.50. The van der Waals surface area contributed by atoms with Crippen LogP contribution in [-0.2, 0) is 11.2 Å². The number of nitrogens with one attached hydrogen (secondary N) is 2. The lowest BCUT2D eigenvalue weighted by Crippen LogP contribution is -2.45. The summed E-state index contributed by atoms with van der Waals surface area (Å²) >= 11 is 0. The Morgan fingerprint density at radius 1 is 1.17 bits per heavy atom. The van der Waals surface area contributed by atoms with Crippen molar-refractivity contribution < 1.29 is 9.15 Å². The summed E-state index contributed by atoms with van der Waals surface area (Å²) in [6, 6.07) is 3.96. The molecule has 0 atom stereocenters. The smallest absolute Gasteiger partial charge is 0.191 e. The highest BCUT2D eigenvalue weighted by atomic mass is 16.5. The molecule has 0 spiro atoms. The van der Waals surface area contributed by atoms with Crippen molar-refractivity contribution in [1.82, 2.24) is 20.4 Å². The molecule has 2 aliphatic rings. The van der Waals surface area contributed by atoms with Gasteiger partial charge in [-0.2, -0.15) is 0 Å². The molecule has 3 rings (SSSR count). The molecule has 1 saturated carbocycles. The molecule has 2 fully saturated rings. The minimum Gasteiger partial charge on any atom is -0.469 e. The van der Waals surface area contributed by atoms with Gasteiger partial charge in [-0.25, -0.2) is 0 Å². The molecule has 7 nitrogen and oxygen atoms in total. The number of hydrogen-bond acceptors (Lipinski definition) is 5. The Kier molecular flexibility index (Phi) is 8.83. The second-order valence-electron chi connectivity index (χ2n) is 8.75. The van der Waals surface area contributed by atoms with E-state index in [-0.39, 0.29) is 0 Å². The number of rotatable bonds is 10. The van der Waals surface area contributed by atoms with Gasteiger partial charge in [0.05, 0.1) is 19.5 Å². The van der Waals surface area contributed by atoms with E-state index in [0.29, 0.717) is 5.41 Å². The molecule has 0 aromatic carbocycles. The molecule has 0 radical (unpaired) electrons. The number of morpholine rings is 1. The summed E-state index contributed by atoms with van der Waals surface area (Å²) in [5.74, 6) is 1.93. The van der Waals surface area contributed by atoms with Gasteiger partial charge in [-0.15, -0.1) is 0 Å². The van der Waals surface area contributed by atoms with Crippen LogP contribution in [-0.4, -0.2) is 88.9 Å². The first-order valence-corrected chi connectivity index (χ1v) is 11.1.